The van der Waals surface area contributed by atoms with Crippen LogP contribution in [-0.2, 0) is 16.0 Å². The van der Waals surface area contributed by atoms with Crippen molar-refractivity contribution < 1.29 is 26.4 Å². The molecular weight excluding hydrogens is 427 g/mol. The molecule has 0 spiro atoms. The van der Waals surface area contributed by atoms with Crippen LogP contribution in [0.5, 0.6) is 0 Å². The lowest BCUT2D eigenvalue weighted by Gasteiger charge is -2.12. The van der Waals surface area contributed by atoms with E-state index in [2.05, 4.69) is 9.97 Å². The van der Waals surface area contributed by atoms with Gasteiger partial charge in [0.2, 0.25) is 0 Å². The molecule has 29 heavy (non-hydrogen) atoms. The summed E-state index contributed by atoms with van der Waals surface area (Å²) < 4.78 is 64.5. The van der Waals surface area contributed by atoms with E-state index in [4.69, 9.17) is 0 Å². The van der Waals surface area contributed by atoms with E-state index in [0.29, 0.717) is 4.70 Å². The van der Waals surface area contributed by atoms with Crippen LogP contribution < -0.4 is 0 Å². The number of benzene rings is 1. The molecule has 154 valence electrons. The van der Waals surface area contributed by atoms with Gasteiger partial charge in [-0.05, 0) is 24.3 Å². The number of nitrogens with zero attached hydrogens (tertiary/aromatic N) is 3. The van der Waals surface area contributed by atoms with Gasteiger partial charge in [0.05, 0.1) is 32.0 Å². The maximum Gasteiger partial charge on any atom is 0.416 e. The van der Waals surface area contributed by atoms with Gasteiger partial charge in [-0.25, -0.2) is 13.4 Å². The first-order chi connectivity index (χ1) is 13.4. The van der Waals surface area contributed by atoms with Gasteiger partial charge in [0.1, 0.15) is 10.7 Å². The molecule has 0 N–H and O–H groups in total. The average molecular weight is 443 g/mol. The number of aromatic nitrogens is 2. The molecule has 0 atom stereocenters. The second-order valence-electron chi connectivity index (χ2n) is 6.37. The van der Waals surface area contributed by atoms with Gasteiger partial charge in [0.25, 0.3) is 5.91 Å². The monoisotopic (exact) mass is 443 g/mol. The largest absolute Gasteiger partial charge is 0.416 e. The second-order valence-corrected chi connectivity index (χ2v) is 9.65. The Morgan fingerprint density at radius 3 is 2.48 bits per heavy atom. The average Bonchev–Trinajstić information content (AvgIpc) is 3.09. The molecule has 0 aliphatic carbocycles. The molecular formula is C18H16F3N3O3S2. The van der Waals surface area contributed by atoms with Crippen LogP contribution in [0.3, 0.4) is 0 Å². The van der Waals surface area contributed by atoms with Crippen LogP contribution in [0.25, 0.3) is 20.9 Å². The number of amides is 1. The Bertz CT molecular complexity index is 1200. The molecule has 0 aliphatic heterocycles. The smallest absolute Gasteiger partial charge is 0.345 e. The first-order valence-electron chi connectivity index (χ1n) is 8.36. The maximum atomic E-state index is 12.9. The molecule has 0 bridgehead atoms. The van der Waals surface area contributed by atoms with Gasteiger partial charge in [0, 0.05) is 20.3 Å². The maximum absolute atomic E-state index is 12.9. The summed E-state index contributed by atoms with van der Waals surface area (Å²) in [5, 5.41) is 0.162. The number of thiazole rings is 1. The van der Waals surface area contributed by atoms with E-state index in [9.17, 15) is 26.4 Å². The summed E-state index contributed by atoms with van der Waals surface area (Å²) in [6.45, 7) is 1.45. The van der Waals surface area contributed by atoms with Gasteiger partial charge in [-0.1, -0.05) is 6.92 Å². The number of hydrogen-bond donors (Lipinski definition) is 0. The van der Waals surface area contributed by atoms with E-state index in [-0.39, 0.29) is 32.4 Å². The zero-order valence-electron chi connectivity index (χ0n) is 15.6. The van der Waals surface area contributed by atoms with Crippen molar-refractivity contribution in [1.82, 2.24) is 14.9 Å². The first-order valence-corrected chi connectivity index (χ1v) is 10.8. The van der Waals surface area contributed by atoms with E-state index in [1.54, 1.807) is 0 Å². The fourth-order valence-corrected chi connectivity index (χ4v) is 4.66. The molecule has 1 amide bonds. The van der Waals surface area contributed by atoms with Crippen molar-refractivity contribution in [3.63, 3.8) is 0 Å². The Kier molecular flexibility index (Phi) is 5.39. The van der Waals surface area contributed by atoms with Gasteiger partial charge >= 0.3 is 6.18 Å². The first kappa shape index (κ1) is 21.2. The third-order valence-electron chi connectivity index (χ3n) is 4.14. The van der Waals surface area contributed by atoms with Crippen LogP contribution in [0.2, 0.25) is 0 Å². The summed E-state index contributed by atoms with van der Waals surface area (Å²) >= 11 is 1.03. The van der Waals surface area contributed by atoms with Crippen molar-refractivity contribution >= 4 is 37.3 Å². The molecule has 2 heterocycles. The minimum absolute atomic E-state index is 0.0110. The molecule has 0 unspecified atom stereocenters. The number of carbonyl (C=O) groups excluding carboxylic acids is 1. The lowest BCUT2D eigenvalue weighted by Crippen LogP contribution is -2.22. The molecule has 0 fully saturated rings. The predicted molar refractivity (Wildman–Crippen MR) is 104 cm³/mol. The topological polar surface area (TPSA) is 80.2 Å². The molecule has 11 heteroatoms. The van der Waals surface area contributed by atoms with Gasteiger partial charge in [0.15, 0.2) is 9.84 Å². The Balaban J connectivity index is 2.20. The van der Waals surface area contributed by atoms with Crippen molar-refractivity contribution in [1.29, 1.82) is 0 Å². The lowest BCUT2D eigenvalue weighted by atomic mass is 10.2. The lowest BCUT2D eigenvalue weighted by molar-refractivity contribution is -0.137. The highest BCUT2D eigenvalue weighted by atomic mass is 32.2. The van der Waals surface area contributed by atoms with E-state index < -0.39 is 27.5 Å². The molecule has 6 nitrogen and oxygen atoms in total. The fraction of sp³-hybridized carbons (Fsp3) is 0.278. The number of hydrogen-bond acceptors (Lipinski definition) is 6. The van der Waals surface area contributed by atoms with Crippen molar-refractivity contribution in [3.8, 4) is 10.7 Å². The Morgan fingerprint density at radius 2 is 1.90 bits per heavy atom. The van der Waals surface area contributed by atoms with Crippen molar-refractivity contribution in [3.05, 3.63) is 41.6 Å². The summed E-state index contributed by atoms with van der Waals surface area (Å²) in [6, 6.07) is 4.38. The highest BCUT2D eigenvalue weighted by Crippen LogP contribution is 2.36. The van der Waals surface area contributed by atoms with Crippen LogP contribution in [0.15, 0.2) is 35.4 Å². The van der Waals surface area contributed by atoms with Gasteiger partial charge in [-0.2, -0.15) is 13.2 Å². The zero-order chi connectivity index (χ0) is 21.6. The van der Waals surface area contributed by atoms with Crippen LogP contribution in [0.1, 0.15) is 22.8 Å². The summed E-state index contributed by atoms with van der Waals surface area (Å²) in [5.74, 6) is -0.652. The van der Waals surface area contributed by atoms with Crippen LogP contribution in [-0.4, -0.2) is 49.0 Å². The molecule has 2 aromatic heterocycles. The normalized spacial score (nSPS) is 12.3. The van der Waals surface area contributed by atoms with E-state index >= 15 is 0 Å². The summed E-state index contributed by atoms with van der Waals surface area (Å²) in [6.07, 6.45) is -3.28. The summed E-state index contributed by atoms with van der Waals surface area (Å²) in [4.78, 5) is 21.6. The highest BCUT2D eigenvalue weighted by molar-refractivity contribution is 7.91. The number of fused-ring (bicyclic) bond motifs is 1. The van der Waals surface area contributed by atoms with Crippen molar-refractivity contribution in [2.45, 2.75) is 18.0 Å². The molecule has 3 aromatic rings. The second kappa shape index (κ2) is 7.38. The third-order valence-corrected chi connectivity index (χ3v) is 6.92. The van der Waals surface area contributed by atoms with Crippen molar-refractivity contribution in [2.75, 3.05) is 19.8 Å². The molecule has 1 aromatic carbocycles. The van der Waals surface area contributed by atoms with E-state index in [1.807, 2.05) is 0 Å². The van der Waals surface area contributed by atoms with E-state index in [0.717, 1.165) is 23.5 Å². The van der Waals surface area contributed by atoms with Gasteiger partial charge in [-0.15, -0.1) is 11.3 Å². The quantitative estimate of drug-likeness (QED) is 0.612. The minimum Gasteiger partial charge on any atom is -0.345 e. The SMILES string of the molecule is CCS(=O)(=O)c1cc(C(=O)N(C)C)cnc1-c1nc2cc(C(F)(F)F)ccc2s1. The Morgan fingerprint density at radius 1 is 1.21 bits per heavy atom. The predicted octanol–water partition coefficient (Wildman–Crippen LogP) is 3.87. The number of sulfone groups is 1. The number of rotatable bonds is 4. The molecule has 0 saturated heterocycles. The number of halogens is 3. The molecule has 0 radical (unpaired) electrons. The molecule has 0 saturated carbocycles. The standard InChI is InChI=1S/C18H16F3N3O3S2/c1-4-29(26,27)14-7-10(17(25)24(2)3)9-22-15(14)16-23-12-8-11(18(19,20)21)5-6-13(12)28-16/h5-9H,4H2,1-3H3. The number of carbonyl (C=O) groups is 1. The van der Waals surface area contributed by atoms with E-state index in [1.165, 1.54) is 44.2 Å². The van der Waals surface area contributed by atoms with Gasteiger partial charge < -0.3 is 4.90 Å². The summed E-state index contributed by atoms with van der Waals surface area (Å²) in [5.41, 5.74) is -0.652. The molecule has 0 aliphatic rings. The summed E-state index contributed by atoms with van der Waals surface area (Å²) in [7, 11) is -0.726. The van der Waals surface area contributed by atoms with Crippen LogP contribution >= 0.6 is 11.3 Å². The Labute approximate surface area is 168 Å². The van der Waals surface area contributed by atoms with Gasteiger partial charge in [-0.3, -0.25) is 9.78 Å². The number of alkyl halides is 3. The fourth-order valence-electron chi connectivity index (χ4n) is 2.58. The highest BCUT2D eigenvalue weighted by Gasteiger charge is 2.31. The zero-order valence-corrected chi connectivity index (χ0v) is 17.2. The van der Waals surface area contributed by atoms with Crippen molar-refractivity contribution in [2.24, 2.45) is 0 Å². The number of pyridine rings is 1. The molecule has 3 rings (SSSR count). The third kappa shape index (κ3) is 4.10. The minimum atomic E-state index is -4.51. The Hall–Kier alpha value is -2.53. The van der Waals surface area contributed by atoms with Crippen LogP contribution in [0, 0.1) is 0 Å². The van der Waals surface area contributed by atoms with Crippen LogP contribution in [0.4, 0.5) is 13.2 Å².